The Balaban J connectivity index is 1.67. The summed E-state index contributed by atoms with van der Waals surface area (Å²) in [5.41, 5.74) is 1.33. The van der Waals surface area contributed by atoms with Gasteiger partial charge in [-0.15, -0.1) is 0 Å². The minimum Gasteiger partial charge on any atom is -0.355 e. The highest BCUT2D eigenvalue weighted by molar-refractivity contribution is 5.37. The van der Waals surface area contributed by atoms with Gasteiger partial charge in [0.05, 0.1) is 0 Å². The average molecular weight is 300 g/mol. The summed E-state index contributed by atoms with van der Waals surface area (Å²) in [6.07, 6.45) is 2.33. The molecule has 4 nitrogen and oxygen atoms in total. The van der Waals surface area contributed by atoms with Crippen molar-refractivity contribution in [3.63, 3.8) is 0 Å². The molecule has 1 atom stereocenters. The summed E-state index contributed by atoms with van der Waals surface area (Å²) in [5, 5.41) is 0. The molecule has 1 aromatic carbocycles. The van der Waals surface area contributed by atoms with Crippen molar-refractivity contribution in [3.8, 4) is 0 Å². The molecular weight excluding hydrogens is 279 g/mol. The van der Waals surface area contributed by atoms with Crippen LogP contribution in [0.3, 0.4) is 0 Å². The van der Waals surface area contributed by atoms with E-state index in [0.29, 0.717) is 11.9 Å². The van der Waals surface area contributed by atoms with Crippen molar-refractivity contribution in [3.05, 3.63) is 54.2 Å². The van der Waals surface area contributed by atoms with Crippen molar-refractivity contribution < 1.29 is 4.39 Å². The van der Waals surface area contributed by atoms with Crippen LogP contribution in [-0.4, -0.2) is 40.5 Å². The Kier molecular flexibility index (Phi) is 4.63. The molecule has 1 fully saturated rings. The largest absolute Gasteiger partial charge is 0.355 e. The third-order valence-electron chi connectivity index (χ3n) is 4.27. The van der Waals surface area contributed by atoms with Crippen LogP contribution in [0.2, 0.25) is 0 Å². The van der Waals surface area contributed by atoms with Gasteiger partial charge in [-0.3, -0.25) is 4.90 Å². The van der Waals surface area contributed by atoms with Gasteiger partial charge in [-0.2, -0.15) is 4.39 Å². The number of aromatic nitrogens is 2. The van der Waals surface area contributed by atoms with Gasteiger partial charge in [-0.05, 0) is 18.9 Å². The first-order valence-electron chi connectivity index (χ1n) is 7.73. The molecule has 0 bridgehead atoms. The maximum atomic E-state index is 13.3. The lowest BCUT2D eigenvalue weighted by atomic mass is 10.1. The molecule has 116 valence electrons. The van der Waals surface area contributed by atoms with E-state index in [1.807, 2.05) is 6.07 Å². The molecule has 1 aromatic heterocycles. The number of nitrogens with zero attached hydrogens (tertiary/aromatic N) is 4. The minimum atomic E-state index is -0.469. The van der Waals surface area contributed by atoms with Gasteiger partial charge in [0.15, 0.2) is 0 Å². The molecule has 0 spiro atoms. The predicted octanol–water partition coefficient (Wildman–Crippen LogP) is 2.72. The van der Waals surface area contributed by atoms with E-state index < -0.39 is 5.95 Å². The van der Waals surface area contributed by atoms with Crippen molar-refractivity contribution in [1.82, 2.24) is 14.9 Å². The van der Waals surface area contributed by atoms with Crippen LogP contribution in [0.15, 0.2) is 42.7 Å². The summed E-state index contributed by atoms with van der Waals surface area (Å²) in [7, 11) is 0. The number of hydrogen-bond donors (Lipinski definition) is 0. The summed E-state index contributed by atoms with van der Waals surface area (Å²) >= 11 is 0. The van der Waals surface area contributed by atoms with Crippen molar-refractivity contribution in [1.29, 1.82) is 0 Å². The lowest BCUT2D eigenvalue weighted by Gasteiger charge is -2.26. The van der Waals surface area contributed by atoms with E-state index in [1.165, 1.54) is 18.0 Å². The second-order valence-corrected chi connectivity index (χ2v) is 5.78. The number of rotatable bonds is 3. The highest BCUT2D eigenvalue weighted by Crippen LogP contribution is 2.18. The molecule has 1 aliphatic rings. The lowest BCUT2D eigenvalue weighted by Crippen LogP contribution is -2.34. The van der Waals surface area contributed by atoms with Gasteiger partial charge in [0.1, 0.15) is 12.1 Å². The van der Waals surface area contributed by atoms with Gasteiger partial charge in [-0.1, -0.05) is 30.3 Å². The molecule has 2 heterocycles. The zero-order valence-corrected chi connectivity index (χ0v) is 12.8. The van der Waals surface area contributed by atoms with E-state index in [2.05, 4.69) is 51.0 Å². The quantitative estimate of drug-likeness (QED) is 0.816. The van der Waals surface area contributed by atoms with Crippen LogP contribution in [0.1, 0.15) is 18.9 Å². The summed E-state index contributed by atoms with van der Waals surface area (Å²) < 4.78 is 13.3. The molecule has 1 unspecified atom stereocenters. The fraction of sp³-hybridized carbons (Fsp3) is 0.412. The molecular formula is C17H21FN4. The van der Waals surface area contributed by atoms with Crippen molar-refractivity contribution in [2.45, 2.75) is 25.9 Å². The van der Waals surface area contributed by atoms with Gasteiger partial charge >= 0.3 is 0 Å². The molecule has 0 saturated carbocycles. The molecule has 0 N–H and O–H groups in total. The zero-order valence-electron chi connectivity index (χ0n) is 12.8. The van der Waals surface area contributed by atoms with Crippen LogP contribution in [0, 0.1) is 5.95 Å². The third kappa shape index (κ3) is 3.60. The summed E-state index contributed by atoms with van der Waals surface area (Å²) in [5.74, 6) is 0.213. The standard InChI is InChI=1S/C17H21FN4/c1-14-7-8-21(17-11-16(18)19-13-20-17)9-10-22(14)12-15-5-3-2-4-6-15/h2-6,11,13-14H,7-10,12H2,1H3. The van der Waals surface area contributed by atoms with Crippen LogP contribution >= 0.6 is 0 Å². The van der Waals surface area contributed by atoms with Crippen molar-refractivity contribution in [2.75, 3.05) is 24.5 Å². The minimum absolute atomic E-state index is 0.469. The maximum Gasteiger partial charge on any atom is 0.218 e. The molecule has 0 amide bonds. The van der Waals surface area contributed by atoms with Gasteiger partial charge < -0.3 is 4.90 Å². The fourth-order valence-corrected chi connectivity index (χ4v) is 2.89. The van der Waals surface area contributed by atoms with E-state index in [-0.39, 0.29) is 0 Å². The predicted molar refractivity (Wildman–Crippen MR) is 85.1 cm³/mol. The van der Waals surface area contributed by atoms with Crippen LogP contribution < -0.4 is 4.90 Å². The number of benzene rings is 1. The van der Waals surface area contributed by atoms with Gasteiger partial charge in [0, 0.05) is 38.3 Å². The average Bonchev–Trinajstić information content (AvgIpc) is 2.71. The van der Waals surface area contributed by atoms with Crippen LogP contribution in [0.25, 0.3) is 0 Å². The van der Waals surface area contributed by atoms with Gasteiger partial charge in [-0.25, -0.2) is 9.97 Å². The Morgan fingerprint density at radius 2 is 1.95 bits per heavy atom. The van der Waals surface area contributed by atoms with Gasteiger partial charge in [0.25, 0.3) is 0 Å². The molecule has 0 radical (unpaired) electrons. The molecule has 0 aliphatic carbocycles. The zero-order chi connectivity index (χ0) is 15.4. The van der Waals surface area contributed by atoms with Crippen LogP contribution in [-0.2, 0) is 6.54 Å². The lowest BCUT2D eigenvalue weighted by molar-refractivity contribution is 0.212. The van der Waals surface area contributed by atoms with Crippen molar-refractivity contribution in [2.24, 2.45) is 0 Å². The molecule has 1 aliphatic heterocycles. The molecule has 22 heavy (non-hydrogen) atoms. The summed E-state index contributed by atoms with van der Waals surface area (Å²) in [6.45, 7) is 5.90. The Labute approximate surface area is 130 Å². The molecule has 3 rings (SSSR count). The highest BCUT2D eigenvalue weighted by Gasteiger charge is 2.21. The second-order valence-electron chi connectivity index (χ2n) is 5.78. The smallest absolute Gasteiger partial charge is 0.218 e. The topological polar surface area (TPSA) is 32.3 Å². The molecule has 1 saturated heterocycles. The summed E-state index contributed by atoms with van der Waals surface area (Å²) in [6, 6.07) is 12.4. The first kappa shape index (κ1) is 14.9. The molecule has 5 heteroatoms. The van der Waals surface area contributed by atoms with E-state index in [1.54, 1.807) is 0 Å². The Bertz CT molecular complexity index is 605. The normalized spacial score (nSPS) is 19.9. The second kappa shape index (κ2) is 6.83. The van der Waals surface area contributed by atoms with E-state index >= 15 is 0 Å². The third-order valence-corrected chi connectivity index (χ3v) is 4.27. The monoisotopic (exact) mass is 300 g/mol. The van der Waals surface area contributed by atoms with Crippen molar-refractivity contribution >= 4 is 5.82 Å². The first-order chi connectivity index (χ1) is 10.7. The Hall–Kier alpha value is -2.01. The fourth-order valence-electron chi connectivity index (χ4n) is 2.89. The van der Waals surface area contributed by atoms with Crippen LogP contribution in [0.5, 0.6) is 0 Å². The number of hydrogen-bond acceptors (Lipinski definition) is 4. The Morgan fingerprint density at radius 1 is 1.14 bits per heavy atom. The summed E-state index contributed by atoms with van der Waals surface area (Å²) in [4.78, 5) is 12.3. The van der Waals surface area contributed by atoms with Crippen LogP contribution in [0.4, 0.5) is 10.2 Å². The van der Waals surface area contributed by atoms with E-state index in [4.69, 9.17) is 0 Å². The Morgan fingerprint density at radius 3 is 2.73 bits per heavy atom. The molecule has 2 aromatic rings. The SMILES string of the molecule is CC1CCN(c2cc(F)ncn2)CCN1Cc1ccccc1. The van der Waals surface area contributed by atoms with E-state index in [9.17, 15) is 4.39 Å². The number of halogens is 1. The number of anilines is 1. The first-order valence-corrected chi connectivity index (χ1v) is 7.73. The maximum absolute atomic E-state index is 13.3. The van der Waals surface area contributed by atoms with Gasteiger partial charge in [0.2, 0.25) is 5.95 Å². The van der Waals surface area contributed by atoms with E-state index in [0.717, 1.165) is 32.6 Å². The highest BCUT2D eigenvalue weighted by atomic mass is 19.1.